The predicted molar refractivity (Wildman–Crippen MR) is 114 cm³/mol. The molecule has 2 heterocycles. The molecule has 5 nitrogen and oxygen atoms in total. The first-order chi connectivity index (χ1) is 14.1. The molecule has 0 saturated carbocycles. The van der Waals surface area contributed by atoms with Crippen LogP contribution in [0, 0.1) is 5.92 Å². The van der Waals surface area contributed by atoms with Crippen molar-refractivity contribution >= 4 is 28.8 Å². The van der Waals surface area contributed by atoms with Crippen LogP contribution in [0.1, 0.15) is 60.2 Å². The maximum atomic E-state index is 12.5. The van der Waals surface area contributed by atoms with Crippen molar-refractivity contribution in [1.82, 2.24) is 5.32 Å². The number of amides is 2. The average Bonchev–Trinajstić information content (AvgIpc) is 3.30. The van der Waals surface area contributed by atoms with E-state index in [2.05, 4.69) is 24.5 Å². The van der Waals surface area contributed by atoms with Crippen molar-refractivity contribution in [2.24, 2.45) is 5.92 Å². The molecular formula is C24H26N2O3. The summed E-state index contributed by atoms with van der Waals surface area (Å²) in [5.41, 5.74) is 4.63. The topological polar surface area (TPSA) is 67.4 Å². The second-order valence-electron chi connectivity index (χ2n) is 7.59. The molecule has 4 rings (SSSR count). The van der Waals surface area contributed by atoms with Crippen LogP contribution >= 0.6 is 0 Å². The lowest BCUT2D eigenvalue weighted by Crippen LogP contribution is -2.26. The summed E-state index contributed by atoms with van der Waals surface area (Å²) in [7, 11) is 0. The van der Waals surface area contributed by atoms with Gasteiger partial charge in [0.15, 0.2) is 0 Å². The molecule has 0 spiro atoms. The van der Waals surface area contributed by atoms with Gasteiger partial charge < -0.3 is 15.4 Å². The Kier molecular flexibility index (Phi) is 5.38. The molecule has 2 aromatic rings. The van der Waals surface area contributed by atoms with Crippen molar-refractivity contribution < 1.29 is 14.3 Å². The number of para-hydroxylation sites is 1. The molecule has 150 valence electrons. The van der Waals surface area contributed by atoms with Gasteiger partial charge in [0.05, 0.1) is 5.57 Å². The highest BCUT2D eigenvalue weighted by atomic mass is 16.5. The van der Waals surface area contributed by atoms with E-state index in [-0.39, 0.29) is 11.8 Å². The Bertz CT molecular complexity index is 989. The third-order valence-corrected chi connectivity index (χ3v) is 5.88. The smallest absolute Gasteiger partial charge is 0.260 e. The molecule has 2 aliphatic heterocycles. The molecule has 0 atom stereocenters. The first kappa shape index (κ1) is 19.2. The molecule has 0 fully saturated rings. The zero-order chi connectivity index (χ0) is 20.4. The second kappa shape index (κ2) is 8.11. The zero-order valence-electron chi connectivity index (χ0n) is 16.9. The van der Waals surface area contributed by atoms with E-state index in [9.17, 15) is 9.59 Å². The van der Waals surface area contributed by atoms with Crippen molar-refractivity contribution in [3.05, 3.63) is 64.7 Å². The van der Waals surface area contributed by atoms with E-state index < -0.39 is 0 Å². The van der Waals surface area contributed by atoms with Gasteiger partial charge in [-0.05, 0) is 30.5 Å². The predicted octanol–water partition coefficient (Wildman–Crippen LogP) is 4.59. The maximum absolute atomic E-state index is 12.5. The number of fused-ring (bicyclic) bond motifs is 2. The molecule has 2 N–H and O–H groups in total. The summed E-state index contributed by atoms with van der Waals surface area (Å²) >= 11 is 0. The largest absolute Gasteiger partial charge is 0.487 e. The summed E-state index contributed by atoms with van der Waals surface area (Å²) < 4.78 is 5.90. The third-order valence-electron chi connectivity index (χ3n) is 5.88. The molecule has 0 bridgehead atoms. The van der Waals surface area contributed by atoms with Crippen LogP contribution in [-0.2, 0) is 16.1 Å². The molecule has 0 saturated heterocycles. The molecule has 2 amide bonds. The highest BCUT2D eigenvalue weighted by Crippen LogP contribution is 2.41. The van der Waals surface area contributed by atoms with Crippen LogP contribution in [-0.4, -0.2) is 18.4 Å². The van der Waals surface area contributed by atoms with Crippen LogP contribution in [0.5, 0.6) is 0 Å². The van der Waals surface area contributed by atoms with Gasteiger partial charge in [0.1, 0.15) is 12.4 Å². The van der Waals surface area contributed by atoms with E-state index in [1.54, 1.807) is 6.07 Å². The third kappa shape index (κ3) is 3.65. The van der Waals surface area contributed by atoms with E-state index in [0.717, 1.165) is 41.6 Å². The van der Waals surface area contributed by atoms with Crippen molar-refractivity contribution in [1.29, 1.82) is 0 Å². The standard InChI is InChI=1S/C24H26N2O3/c1-3-15(4-2)11-12-25-23(27)16-9-10-18-17(13-16)14-29-22(18)21-19-7-5-6-8-20(19)26-24(21)28/h5-10,13,15H,3-4,11-12,14H2,1-2H3,(H,25,27)(H,26,28). The van der Waals surface area contributed by atoms with Gasteiger partial charge in [0.25, 0.3) is 11.8 Å². The summed E-state index contributed by atoms with van der Waals surface area (Å²) in [6.07, 6.45) is 3.27. The first-order valence-electron chi connectivity index (χ1n) is 10.3. The number of carbonyl (C=O) groups is 2. The normalized spacial score (nSPS) is 17.0. The number of rotatable bonds is 6. The van der Waals surface area contributed by atoms with Crippen molar-refractivity contribution in [2.45, 2.75) is 39.7 Å². The molecule has 0 aromatic heterocycles. The van der Waals surface area contributed by atoms with Crippen LogP contribution in [0.2, 0.25) is 0 Å². The summed E-state index contributed by atoms with van der Waals surface area (Å²) in [4.78, 5) is 25.0. The van der Waals surface area contributed by atoms with Crippen molar-refractivity contribution in [3.63, 3.8) is 0 Å². The number of carbonyl (C=O) groups excluding carboxylic acids is 2. The van der Waals surface area contributed by atoms with Gasteiger partial charge in [-0.3, -0.25) is 9.59 Å². The van der Waals surface area contributed by atoms with Gasteiger partial charge in [-0.2, -0.15) is 0 Å². The van der Waals surface area contributed by atoms with E-state index in [4.69, 9.17) is 4.74 Å². The number of anilines is 1. The van der Waals surface area contributed by atoms with E-state index in [1.165, 1.54) is 0 Å². The van der Waals surface area contributed by atoms with Gasteiger partial charge in [-0.15, -0.1) is 0 Å². The SMILES string of the molecule is CCC(CC)CCNC(=O)c1ccc2c(c1)COC2=C1C(=O)Nc2ccccc21. The van der Waals surface area contributed by atoms with E-state index in [0.29, 0.717) is 36.0 Å². The van der Waals surface area contributed by atoms with Gasteiger partial charge in [-0.25, -0.2) is 0 Å². The summed E-state index contributed by atoms with van der Waals surface area (Å²) in [5.74, 6) is 1.02. The number of nitrogens with one attached hydrogen (secondary N) is 2. The van der Waals surface area contributed by atoms with Gasteiger partial charge in [-0.1, -0.05) is 51.0 Å². The lowest BCUT2D eigenvalue weighted by molar-refractivity contribution is -0.110. The van der Waals surface area contributed by atoms with Crippen molar-refractivity contribution in [3.8, 4) is 0 Å². The first-order valence-corrected chi connectivity index (χ1v) is 10.3. The monoisotopic (exact) mass is 390 g/mol. The van der Waals surface area contributed by atoms with Crippen LogP contribution in [0.3, 0.4) is 0 Å². The number of ether oxygens (including phenoxy) is 1. The Hall–Kier alpha value is -3.08. The molecule has 0 aliphatic carbocycles. The van der Waals surface area contributed by atoms with Gasteiger partial charge in [0, 0.05) is 34.5 Å². The Morgan fingerprint density at radius 1 is 1.14 bits per heavy atom. The fraction of sp³-hybridized carbons (Fsp3) is 0.333. The summed E-state index contributed by atoms with van der Waals surface area (Å²) in [5, 5.41) is 5.91. The maximum Gasteiger partial charge on any atom is 0.260 e. The summed E-state index contributed by atoms with van der Waals surface area (Å²) in [6, 6.07) is 13.2. The molecule has 2 aliphatic rings. The quantitative estimate of drug-likeness (QED) is 0.709. The lowest BCUT2D eigenvalue weighted by Gasteiger charge is -2.12. The zero-order valence-corrected chi connectivity index (χ0v) is 16.9. The summed E-state index contributed by atoms with van der Waals surface area (Å²) in [6.45, 7) is 5.42. The Labute approximate surface area is 171 Å². The molecule has 2 aromatic carbocycles. The molecule has 29 heavy (non-hydrogen) atoms. The fourth-order valence-electron chi connectivity index (χ4n) is 4.04. The van der Waals surface area contributed by atoms with Gasteiger partial charge >= 0.3 is 0 Å². The minimum atomic E-state index is -0.155. The lowest BCUT2D eigenvalue weighted by atomic mass is 9.98. The molecule has 0 unspecified atom stereocenters. The number of benzene rings is 2. The average molecular weight is 390 g/mol. The highest BCUT2D eigenvalue weighted by molar-refractivity contribution is 6.36. The molecule has 0 radical (unpaired) electrons. The van der Waals surface area contributed by atoms with E-state index >= 15 is 0 Å². The Morgan fingerprint density at radius 2 is 1.93 bits per heavy atom. The van der Waals surface area contributed by atoms with Gasteiger partial charge in [0.2, 0.25) is 0 Å². The van der Waals surface area contributed by atoms with Crippen LogP contribution in [0.25, 0.3) is 11.3 Å². The highest BCUT2D eigenvalue weighted by Gasteiger charge is 2.32. The Balaban J connectivity index is 1.54. The van der Waals surface area contributed by atoms with Crippen LogP contribution < -0.4 is 10.6 Å². The molecule has 5 heteroatoms. The minimum absolute atomic E-state index is 0.0659. The fourth-order valence-corrected chi connectivity index (χ4v) is 4.04. The van der Waals surface area contributed by atoms with Crippen LogP contribution in [0.4, 0.5) is 5.69 Å². The second-order valence-corrected chi connectivity index (χ2v) is 7.59. The number of hydrogen-bond donors (Lipinski definition) is 2. The van der Waals surface area contributed by atoms with Crippen LogP contribution in [0.15, 0.2) is 42.5 Å². The number of hydrogen-bond acceptors (Lipinski definition) is 3. The Morgan fingerprint density at radius 3 is 2.72 bits per heavy atom. The minimum Gasteiger partial charge on any atom is -0.487 e. The molecular weight excluding hydrogens is 364 g/mol. The van der Waals surface area contributed by atoms with E-state index in [1.807, 2.05) is 36.4 Å². The van der Waals surface area contributed by atoms with Crippen molar-refractivity contribution in [2.75, 3.05) is 11.9 Å².